The molecule has 0 aliphatic carbocycles. The van der Waals surface area contributed by atoms with E-state index in [9.17, 15) is 0 Å². The molecular weight excluding hydrogens is 289 g/mol. The van der Waals surface area contributed by atoms with E-state index in [1.165, 1.54) is 0 Å². The highest BCUT2D eigenvalue weighted by molar-refractivity contribution is 7.68. The Kier molecular flexibility index (Phi) is 4.77. The molecule has 0 unspecified atom stereocenters. The largest absolute Gasteiger partial charge is 0.308 e. The molecule has 1 heterocycles. The second-order valence-electron chi connectivity index (χ2n) is 7.61. The van der Waals surface area contributed by atoms with E-state index in [-0.39, 0.29) is 10.3 Å². The molecule has 1 aromatic carbocycles. The molecule has 0 fully saturated rings. The van der Waals surface area contributed by atoms with Crippen LogP contribution < -0.4 is 5.57 Å². The first-order valence-corrected chi connectivity index (χ1v) is 9.29. The lowest BCUT2D eigenvalue weighted by atomic mass is 10.2. The number of benzene rings is 1. The molecule has 22 heavy (non-hydrogen) atoms. The van der Waals surface area contributed by atoms with Crippen LogP contribution in [0.15, 0.2) is 30.3 Å². The fraction of sp³-hybridized carbons (Fsp3) is 0.556. The second kappa shape index (κ2) is 6.12. The molecule has 0 saturated heterocycles. The summed E-state index contributed by atoms with van der Waals surface area (Å²) in [6, 6.07) is 10.4. The first kappa shape index (κ1) is 17.1. The highest BCUT2D eigenvalue weighted by Gasteiger charge is 2.39. The van der Waals surface area contributed by atoms with E-state index in [4.69, 9.17) is 0 Å². The Morgan fingerprint density at radius 1 is 0.909 bits per heavy atom. The van der Waals surface area contributed by atoms with Gasteiger partial charge in [-0.05, 0) is 25.2 Å². The third kappa shape index (κ3) is 3.41. The van der Waals surface area contributed by atoms with Crippen LogP contribution >= 0.6 is 7.92 Å². The maximum atomic E-state index is 4.64. The molecule has 4 heteroatoms. The fourth-order valence-corrected chi connectivity index (χ4v) is 6.98. The SMILES string of the molecule is CCn1c(-c2ccccc2)nnc1P(C(C)(C)C)C(C)(C)C. The van der Waals surface area contributed by atoms with Gasteiger partial charge in [0.1, 0.15) is 0 Å². The summed E-state index contributed by atoms with van der Waals surface area (Å²) >= 11 is 0. The number of aromatic nitrogens is 3. The molecule has 2 rings (SSSR count). The van der Waals surface area contributed by atoms with Crippen molar-refractivity contribution in [1.82, 2.24) is 14.8 Å². The topological polar surface area (TPSA) is 30.7 Å². The van der Waals surface area contributed by atoms with Crippen molar-refractivity contribution < 1.29 is 0 Å². The zero-order chi connectivity index (χ0) is 16.5. The molecule has 0 N–H and O–H groups in total. The van der Waals surface area contributed by atoms with Gasteiger partial charge >= 0.3 is 0 Å². The molecule has 1 aromatic heterocycles. The minimum atomic E-state index is -0.445. The molecule has 0 aliphatic heterocycles. The molecule has 0 bridgehead atoms. The van der Waals surface area contributed by atoms with Crippen molar-refractivity contribution in [3.05, 3.63) is 30.3 Å². The minimum absolute atomic E-state index is 0.196. The van der Waals surface area contributed by atoms with Crippen LogP contribution in [0.2, 0.25) is 0 Å². The lowest BCUT2D eigenvalue weighted by Gasteiger charge is -2.40. The third-order valence-electron chi connectivity index (χ3n) is 3.62. The van der Waals surface area contributed by atoms with E-state index in [0.29, 0.717) is 0 Å². The average Bonchev–Trinajstić information content (AvgIpc) is 2.79. The van der Waals surface area contributed by atoms with Gasteiger partial charge in [0.05, 0.1) is 0 Å². The van der Waals surface area contributed by atoms with E-state index in [1.54, 1.807) is 0 Å². The van der Waals surface area contributed by atoms with Gasteiger partial charge in [-0.15, -0.1) is 10.2 Å². The fourth-order valence-electron chi connectivity index (χ4n) is 3.16. The van der Waals surface area contributed by atoms with Crippen molar-refractivity contribution >= 4 is 13.5 Å². The van der Waals surface area contributed by atoms with Crippen LogP contribution in [0.4, 0.5) is 0 Å². The predicted octanol–water partition coefficient (Wildman–Crippen LogP) is 4.67. The van der Waals surface area contributed by atoms with Crippen LogP contribution in [0.3, 0.4) is 0 Å². The number of nitrogens with zero attached hydrogens (tertiary/aromatic N) is 3. The highest BCUT2D eigenvalue weighted by atomic mass is 31.1. The van der Waals surface area contributed by atoms with Crippen molar-refractivity contribution in [2.24, 2.45) is 0 Å². The Hall–Kier alpha value is -1.21. The summed E-state index contributed by atoms with van der Waals surface area (Å²) < 4.78 is 2.30. The quantitative estimate of drug-likeness (QED) is 0.770. The molecular formula is C18H28N3P. The van der Waals surface area contributed by atoms with Crippen LogP contribution in [0.5, 0.6) is 0 Å². The third-order valence-corrected chi connectivity index (χ3v) is 7.04. The summed E-state index contributed by atoms with van der Waals surface area (Å²) in [6.45, 7) is 17.0. The van der Waals surface area contributed by atoms with Gasteiger partial charge in [0.25, 0.3) is 0 Å². The maximum Gasteiger partial charge on any atom is 0.164 e. The maximum absolute atomic E-state index is 4.64. The van der Waals surface area contributed by atoms with Crippen LogP contribution in [0.1, 0.15) is 48.5 Å². The number of rotatable bonds is 3. The first-order valence-electron chi connectivity index (χ1n) is 7.95. The van der Waals surface area contributed by atoms with Crippen molar-refractivity contribution in [3.8, 4) is 11.4 Å². The molecule has 0 amide bonds. The van der Waals surface area contributed by atoms with Gasteiger partial charge in [-0.25, -0.2) is 0 Å². The molecule has 3 nitrogen and oxygen atoms in total. The van der Waals surface area contributed by atoms with Crippen molar-refractivity contribution in [3.63, 3.8) is 0 Å². The monoisotopic (exact) mass is 317 g/mol. The van der Waals surface area contributed by atoms with Crippen LogP contribution in [0, 0.1) is 0 Å². The highest BCUT2D eigenvalue weighted by Crippen LogP contribution is 2.57. The summed E-state index contributed by atoms with van der Waals surface area (Å²) in [5, 5.41) is 9.56. The molecule has 0 aliphatic rings. The van der Waals surface area contributed by atoms with Gasteiger partial charge in [-0.2, -0.15) is 0 Å². The molecule has 0 saturated carbocycles. The van der Waals surface area contributed by atoms with E-state index in [0.717, 1.165) is 23.5 Å². The molecule has 2 aromatic rings. The lowest BCUT2D eigenvalue weighted by molar-refractivity contribution is 0.704. The summed E-state index contributed by atoms with van der Waals surface area (Å²) in [6.07, 6.45) is 0. The van der Waals surface area contributed by atoms with Crippen molar-refractivity contribution in [2.75, 3.05) is 0 Å². The van der Waals surface area contributed by atoms with Gasteiger partial charge in [-0.1, -0.05) is 71.9 Å². The summed E-state index contributed by atoms with van der Waals surface area (Å²) in [4.78, 5) is 0. The zero-order valence-electron chi connectivity index (χ0n) is 14.9. The smallest absolute Gasteiger partial charge is 0.164 e. The second-order valence-corrected chi connectivity index (χ2v) is 11.4. The van der Waals surface area contributed by atoms with Crippen LogP contribution in [-0.4, -0.2) is 25.1 Å². The standard InChI is InChI=1S/C18H28N3P/c1-8-21-15(14-12-10-9-11-13-14)19-20-16(21)22(17(2,3)4)18(5,6)7/h9-13H,8H2,1-7H3. The van der Waals surface area contributed by atoms with Gasteiger partial charge in [0.2, 0.25) is 0 Å². The van der Waals surface area contributed by atoms with E-state index < -0.39 is 7.92 Å². The van der Waals surface area contributed by atoms with Crippen molar-refractivity contribution in [1.29, 1.82) is 0 Å². The van der Waals surface area contributed by atoms with E-state index >= 15 is 0 Å². The van der Waals surface area contributed by atoms with Crippen LogP contribution in [0.25, 0.3) is 11.4 Å². The van der Waals surface area contributed by atoms with Gasteiger partial charge in [0, 0.05) is 12.1 Å². The van der Waals surface area contributed by atoms with Gasteiger partial charge in [0.15, 0.2) is 11.4 Å². The average molecular weight is 317 g/mol. The molecule has 0 spiro atoms. The Balaban J connectivity index is 2.59. The normalized spacial score (nSPS) is 12.9. The van der Waals surface area contributed by atoms with Gasteiger partial charge < -0.3 is 4.57 Å². The Morgan fingerprint density at radius 3 is 1.91 bits per heavy atom. The van der Waals surface area contributed by atoms with Crippen LogP contribution in [-0.2, 0) is 6.54 Å². The van der Waals surface area contributed by atoms with E-state index in [1.807, 2.05) is 6.07 Å². The minimum Gasteiger partial charge on any atom is -0.308 e. The van der Waals surface area contributed by atoms with Crippen molar-refractivity contribution in [2.45, 2.75) is 65.3 Å². The predicted molar refractivity (Wildman–Crippen MR) is 97.2 cm³/mol. The zero-order valence-corrected chi connectivity index (χ0v) is 15.8. The molecule has 120 valence electrons. The Bertz CT molecular complexity index is 604. The summed E-state index contributed by atoms with van der Waals surface area (Å²) in [5.41, 5.74) is 2.30. The lowest BCUT2D eigenvalue weighted by Crippen LogP contribution is -2.35. The number of hydrogen-bond donors (Lipinski definition) is 0. The summed E-state index contributed by atoms with van der Waals surface area (Å²) in [7, 11) is -0.445. The Morgan fingerprint density at radius 2 is 1.45 bits per heavy atom. The van der Waals surface area contributed by atoms with E-state index in [2.05, 4.69) is 87.5 Å². The number of hydrogen-bond acceptors (Lipinski definition) is 2. The molecule has 0 radical (unpaired) electrons. The van der Waals surface area contributed by atoms with Gasteiger partial charge in [-0.3, -0.25) is 0 Å². The Labute approximate surface area is 135 Å². The molecule has 0 atom stereocenters. The summed E-state index contributed by atoms with van der Waals surface area (Å²) in [5.74, 6) is 0.985. The first-order chi connectivity index (χ1) is 10.2.